The predicted molar refractivity (Wildman–Crippen MR) is 88.1 cm³/mol. The molecule has 0 aliphatic rings. The number of phenols is 1. The van der Waals surface area contributed by atoms with Crippen molar-refractivity contribution in [2.75, 3.05) is 6.26 Å². The third-order valence-electron chi connectivity index (χ3n) is 3.12. The molecule has 0 aliphatic carbocycles. The highest BCUT2D eigenvalue weighted by Gasteiger charge is 2.13. The van der Waals surface area contributed by atoms with Crippen molar-refractivity contribution in [2.45, 2.75) is 38.9 Å². The highest BCUT2D eigenvalue weighted by Crippen LogP contribution is 2.37. The maximum absolute atomic E-state index is 9.87. The van der Waals surface area contributed by atoms with Crippen LogP contribution in [-0.4, -0.2) is 11.4 Å². The number of hydrogen-bond acceptors (Lipinski definition) is 2. The van der Waals surface area contributed by atoms with Crippen LogP contribution in [0.3, 0.4) is 0 Å². The first kappa shape index (κ1) is 15.9. The van der Waals surface area contributed by atoms with Crippen molar-refractivity contribution in [1.82, 2.24) is 0 Å². The molecule has 0 saturated heterocycles. The fourth-order valence-electron chi connectivity index (χ4n) is 2.26. The maximum Gasteiger partial charge on any atom is 0.123 e. The topological polar surface area (TPSA) is 20.2 Å². The minimum absolute atomic E-state index is 0.376. The van der Waals surface area contributed by atoms with E-state index in [4.69, 9.17) is 0 Å². The second kappa shape index (κ2) is 8.11. The Bertz CT molecular complexity index is 508. The van der Waals surface area contributed by atoms with E-state index in [2.05, 4.69) is 25.3 Å². The van der Waals surface area contributed by atoms with Gasteiger partial charge in [-0.2, -0.15) is 11.8 Å². The van der Waals surface area contributed by atoms with Crippen LogP contribution in [0.25, 0.3) is 10.8 Å². The fraction of sp³-hybridized carbons (Fsp3) is 0.412. The highest BCUT2D eigenvalue weighted by atomic mass is 32.2. The van der Waals surface area contributed by atoms with Crippen LogP contribution in [0, 0.1) is 0 Å². The van der Waals surface area contributed by atoms with Gasteiger partial charge in [-0.15, -0.1) is 0 Å². The lowest BCUT2D eigenvalue weighted by atomic mass is 9.99. The molecule has 0 radical (unpaired) electrons. The van der Waals surface area contributed by atoms with Crippen LogP contribution in [-0.2, 0) is 0 Å². The first-order valence-electron chi connectivity index (χ1n) is 7.01. The van der Waals surface area contributed by atoms with E-state index in [0.717, 1.165) is 5.39 Å². The number of thioether (sulfide) groups is 1. The normalized spacial score (nSPS) is 11.8. The molecule has 2 rings (SSSR count). The second-order valence-corrected chi connectivity index (χ2v) is 5.27. The quantitative estimate of drug-likeness (QED) is 0.764. The molecule has 0 spiro atoms. The maximum atomic E-state index is 9.87. The summed E-state index contributed by atoms with van der Waals surface area (Å²) in [5.74, 6) is 0.376. The van der Waals surface area contributed by atoms with Crippen molar-refractivity contribution in [3.8, 4) is 5.75 Å². The SMILES string of the molecule is CC.CCCC(SC)c1cccc2c(O)cccc12. The average molecular weight is 276 g/mol. The van der Waals surface area contributed by atoms with Gasteiger partial charge in [0.1, 0.15) is 5.75 Å². The van der Waals surface area contributed by atoms with E-state index in [-0.39, 0.29) is 0 Å². The first-order chi connectivity index (χ1) is 9.27. The summed E-state index contributed by atoms with van der Waals surface area (Å²) in [5.41, 5.74) is 1.34. The molecule has 1 unspecified atom stereocenters. The molecule has 0 saturated carbocycles. The zero-order valence-electron chi connectivity index (χ0n) is 12.3. The second-order valence-electron chi connectivity index (χ2n) is 4.23. The summed E-state index contributed by atoms with van der Waals surface area (Å²) < 4.78 is 0. The number of rotatable bonds is 4. The molecule has 0 aliphatic heterocycles. The zero-order chi connectivity index (χ0) is 14.3. The van der Waals surface area contributed by atoms with E-state index < -0.39 is 0 Å². The molecule has 2 aromatic carbocycles. The Kier molecular flexibility index (Phi) is 6.79. The van der Waals surface area contributed by atoms with Crippen LogP contribution in [0.15, 0.2) is 36.4 Å². The number of fused-ring (bicyclic) bond motifs is 1. The molecule has 0 fully saturated rings. The van der Waals surface area contributed by atoms with Gasteiger partial charge in [0.25, 0.3) is 0 Å². The van der Waals surface area contributed by atoms with E-state index in [1.54, 1.807) is 6.07 Å². The Hall–Kier alpha value is -1.15. The fourth-order valence-corrected chi connectivity index (χ4v) is 3.19. The molecule has 0 amide bonds. The Morgan fingerprint density at radius 1 is 1.05 bits per heavy atom. The predicted octanol–water partition coefficient (Wildman–Crippen LogP) is 5.78. The molecule has 0 heterocycles. The van der Waals surface area contributed by atoms with E-state index in [0.29, 0.717) is 11.0 Å². The van der Waals surface area contributed by atoms with Crippen molar-refractivity contribution in [3.05, 3.63) is 42.0 Å². The lowest BCUT2D eigenvalue weighted by Gasteiger charge is -2.16. The van der Waals surface area contributed by atoms with Crippen LogP contribution in [0.5, 0.6) is 5.75 Å². The lowest BCUT2D eigenvalue weighted by molar-refractivity contribution is 0.481. The van der Waals surface area contributed by atoms with Crippen LogP contribution >= 0.6 is 11.8 Å². The Morgan fingerprint density at radius 2 is 1.68 bits per heavy atom. The van der Waals surface area contributed by atoms with Gasteiger partial charge in [-0.3, -0.25) is 0 Å². The molecular formula is C17H24OS. The van der Waals surface area contributed by atoms with E-state index >= 15 is 0 Å². The Balaban J connectivity index is 0.000000861. The summed E-state index contributed by atoms with van der Waals surface area (Å²) in [6, 6.07) is 12.0. The molecule has 1 nitrogen and oxygen atoms in total. The molecule has 0 bridgehead atoms. The summed E-state index contributed by atoms with van der Waals surface area (Å²) in [7, 11) is 0. The largest absolute Gasteiger partial charge is 0.507 e. The summed E-state index contributed by atoms with van der Waals surface area (Å²) in [6.45, 7) is 6.21. The summed E-state index contributed by atoms with van der Waals surface area (Å²) in [4.78, 5) is 0. The van der Waals surface area contributed by atoms with Crippen LogP contribution in [0.2, 0.25) is 0 Å². The minimum Gasteiger partial charge on any atom is -0.507 e. The Morgan fingerprint density at radius 3 is 2.32 bits per heavy atom. The van der Waals surface area contributed by atoms with Gasteiger partial charge in [-0.1, -0.05) is 57.5 Å². The van der Waals surface area contributed by atoms with Crippen LogP contribution < -0.4 is 0 Å². The van der Waals surface area contributed by atoms with Gasteiger partial charge < -0.3 is 5.11 Å². The number of hydrogen-bond donors (Lipinski definition) is 1. The van der Waals surface area contributed by atoms with Gasteiger partial charge in [0.2, 0.25) is 0 Å². The van der Waals surface area contributed by atoms with Gasteiger partial charge in [0.15, 0.2) is 0 Å². The summed E-state index contributed by atoms with van der Waals surface area (Å²) in [6.07, 6.45) is 4.51. The molecule has 1 atom stereocenters. The summed E-state index contributed by atoms with van der Waals surface area (Å²) >= 11 is 1.89. The third kappa shape index (κ3) is 3.66. The van der Waals surface area contributed by atoms with Gasteiger partial charge in [-0.05, 0) is 29.7 Å². The average Bonchev–Trinajstić information content (AvgIpc) is 2.47. The van der Waals surface area contributed by atoms with Crippen molar-refractivity contribution in [3.63, 3.8) is 0 Å². The van der Waals surface area contributed by atoms with Crippen LogP contribution in [0.4, 0.5) is 0 Å². The van der Waals surface area contributed by atoms with Gasteiger partial charge in [-0.25, -0.2) is 0 Å². The van der Waals surface area contributed by atoms with Crippen molar-refractivity contribution in [2.24, 2.45) is 0 Å². The first-order valence-corrected chi connectivity index (χ1v) is 8.30. The molecular weight excluding hydrogens is 252 g/mol. The monoisotopic (exact) mass is 276 g/mol. The zero-order valence-corrected chi connectivity index (χ0v) is 13.1. The molecule has 2 aromatic rings. The Labute approximate surface area is 121 Å². The van der Waals surface area contributed by atoms with Gasteiger partial charge >= 0.3 is 0 Å². The number of benzene rings is 2. The van der Waals surface area contributed by atoms with E-state index in [1.165, 1.54) is 23.8 Å². The molecule has 0 aromatic heterocycles. The summed E-state index contributed by atoms with van der Waals surface area (Å²) in [5, 5.41) is 12.5. The van der Waals surface area contributed by atoms with Crippen molar-refractivity contribution in [1.29, 1.82) is 0 Å². The van der Waals surface area contributed by atoms with Gasteiger partial charge in [0, 0.05) is 10.6 Å². The molecule has 2 heteroatoms. The van der Waals surface area contributed by atoms with Crippen molar-refractivity contribution >= 4 is 22.5 Å². The minimum atomic E-state index is 0.376. The van der Waals surface area contributed by atoms with Gasteiger partial charge in [0.05, 0.1) is 0 Å². The molecule has 19 heavy (non-hydrogen) atoms. The number of phenolic OH excluding ortho intramolecular Hbond substituents is 1. The number of aromatic hydroxyl groups is 1. The smallest absolute Gasteiger partial charge is 0.123 e. The van der Waals surface area contributed by atoms with E-state index in [1.807, 2.05) is 43.8 Å². The van der Waals surface area contributed by atoms with E-state index in [9.17, 15) is 5.11 Å². The van der Waals surface area contributed by atoms with Crippen LogP contribution in [0.1, 0.15) is 44.4 Å². The molecule has 1 N–H and O–H groups in total. The molecule has 104 valence electrons. The van der Waals surface area contributed by atoms with Crippen molar-refractivity contribution < 1.29 is 5.11 Å². The lowest BCUT2D eigenvalue weighted by Crippen LogP contribution is -1.94. The highest BCUT2D eigenvalue weighted by molar-refractivity contribution is 7.98. The standard InChI is InChI=1S/C15H18OS.C2H6/c1-3-6-15(17-2)13-9-4-8-12-11(13)7-5-10-14(12)16;1-2/h4-5,7-10,15-16H,3,6H2,1-2H3;1-2H3. The third-order valence-corrected chi connectivity index (χ3v) is 4.17.